The van der Waals surface area contributed by atoms with E-state index in [1.165, 1.54) is 11.0 Å². The molecule has 0 aromatic carbocycles. The molecule has 1 aliphatic carbocycles. The fraction of sp³-hybridized carbons (Fsp3) is 0.762. The van der Waals surface area contributed by atoms with Crippen molar-refractivity contribution >= 4 is 11.6 Å². The third-order valence-corrected chi connectivity index (χ3v) is 6.60. The molecule has 0 bridgehead atoms. The summed E-state index contributed by atoms with van der Waals surface area (Å²) in [5.74, 6) is 0.0762. The topological polar surface area (TPSA) is 116 Å². The van der Waals surface area contributed by atoms with Gasteiger partial charge in [0, 0.05) is 25.7 Å². The highest BCUT2D eigenvalue weighted by Crippen LogP contribution is 2.25. The molecule has 2 heterocycles. The summed E-state index contributed by atoms with van der Waals surface area (Å²) in [5.41, 5.74) is 11.1. The molecule has 1 unspecified atom stereocenters. The number of piperidine rings is 1. The molecule has 4 N–H and O–H groups in total. The molecule has 1 aromatic heterocycles. The molecule has 29 heavy (non-hydrogen) atoms. The van der Waals surface area contributed by atoms with Crippen molar-refractivity contribution in [2.45, 2.75) is 77.4 Å². The highest BCUT2D eigenvalue weighted by atomic mass is 16.2. The minimum atomic E-state index is -0.568. The standard InChI is InChI=1S/C21H35N5O3/c1-2-25-20(28)18(17(27)14-24-11-7-6-10-16(24)12-22)19(23)26(21(25)29)13-15-8-4-3-5-9-15/h15-16H,2-14,22-23H2,1H3. The lowest BCUT2D eigenvalue weighted by atomic mass is 9.89. The quantitative estimate of drug-likeness (QED) is 0.658. The van der Waals surface area contributed by atoms with Gasteiger partial charge in [-0.1, -0.05) is 25.7 Å². The lowest BCUT2D eigenvalue weighted by molar-refractivity contribution is 0.0849. The van der Waals surface area contributed by atoms with Crippen LogP contribution in [-0.2, 0) is 13.1 Å². The zero-order valence-corrected chi connectivity index (χ0v) is 17.6. The molecule has 0 radical (unpaired) electrons. The van der Waals surface area contributed by atoms with Crippen LogP contribution in [-0.4, -0.2) is 45.5 Å². The molecule has 1 saturated heterocycles. The molecule has 0 amide bonds. The predicted molar refractivity (Wildman–Crippen MR) is 114 cm³/mol. The van der Waals surface area contributed by atoms with E-state index in [2.05, 4.69) is 4.90 Å². The molecule has 8 heteroatoms. The Balaban J connectivity index is 1.94. The number of hydrogen-bond donors (Lipinski definition) is 2. The Hall–Kier alpha value is -1.93. The first-order valence-corrected chi connectivity index (χ1v) is 11.1. The maximum Gasteiger partial charge on any atom is 0.332 e. The van der Waals surface area contributed by atoms with Gasteiger partial charge in [-0.3, -0.25) is 23.6 Å². The van der Waals surface area contributed by atoms with E-state index in [1.54, 1.807) is 6.92 Å². The van der Waals surface area contributed by atoms with Crippen molar-refractivity contribution in [3.8, 4) is 0 Å². The van der Waals surface area contributed by atoms with Crippen molar-refractivity contribution in [3.63, 3.8) is 0 Å². The summed E-state index contributed by atoms with van der Waals surface area (Å²) in [6, 6.07) is 0.149. The van der Waals surface area contributed by atoms with E-state index in [0.29, 0.717) is 19.0 Å². The average molecular weight is 406 g/mol. The number of rotatable bonds is 7. The molecule has 2 aliphatic rings. The van der Waals surface area contributed by atoms with E-state index >= 15 is 0 Å². The Bertz CT molecular complexity index is 838. The van der Waals surface area contributed by atoms with Crippen LogP contribution in [0.25, 0.3) is 0 Å². The van der Waals surface area contributed by atoms with Crippen LogP contribution in [0.4, 0.5) is 5.82 Å². The fourth-order valence-corrected chi connectivity index (χ4v) is 4.86. The van der Waals surface area contributed by atoms with Crippen LogP contribution in [0.15, 0.2) is 9.59 Å². The van der Waals surface area contributed by atoms with Crippen LogP contribution in [0, 0.1) is 5.92 Å². The van der Waals surface area contributed by atoms with E-state index in [-0.39, 0.29) is 36.3 Å². The van der Waals surface area contributed by atoms with Crippen molar-refractivity contribution in [2.24, 2.45) is 11.7 Å². The summed E-state index contributed by atoms with van der Waals surface area (Å²) < 4.78 is 2.60. The van der Waals surface area contributed by atoms with Crippen LogP contribution in [0.1, 0.15) is 68.6 Å². The van der Waals surface area contributed by atoms with Gasteiger partial charge < -0.3 is 11.5 Å². The molecule has 1 atom stereocenters. The number of aromatic nitrogens is 2. The van der Waals surface area contributed by atoms with Gasteiger partial charge in [-0.15, -0.1) is 0 Å². The molecule has 1 aliphatic heterocycles. The Morgan fingerprint density at radius 2 is 1.72 bits per heavy atom. The molecular weight excluding hydrogens is 370 g/mol. The number of likely N-dealkylation sites (tertiary alicyclic amines) is 1. The van der Waals surface area contributed by atoms with Crippen LogP contribution in [0.3, 0.4) is 0 Å². The maximum atomic E-state index is 13.1. The first-order valence-electron chi connectivity index (χ1n) is 11.1. The number of Topliss-reactive ketones (excluding diaryl/α,β-unsaturated/α-hetero) is 1. The molecule has 8 nitrogen and oxygen atoms in total. The van der Waals surface area contributed by atoms with Crippen molar-refractivity contribution < 1.29 is 4.79 Å². The summed E-state index contributed by atoms with van der Waals surface area (Å²) >= 11 is 0. The molecule has 2 fully saturated rings. The number of hydrogen-bond acceptors (Lipinski definition) is 6. The van der Waals surface area contributed by atoms with Gasteiger partial charge in [-0.2, -0.15) is 0 Å². The fourth-order valence-electron chi connectivity index (χ4n) is 4.86. The maximum absolute atomic E-state index is 13.1. The Kier molecular flexibility index (Phi) is 7.29. The van der Waals surface area contributed by atoms with E-state index < -0.39 is 11.2 Å². The van der Waals surface area contributed by atoms with Crippen molar-refractivity contribution in [1.82, 2.24) is 14.0 Å². The van der Waals surface area contributed by atoms with E-state index in [0.717, 1.165) is 56.1 Å². The van der Waals surface area contributed by atoms with Crippen molar-refractivity contribution in [2.75, 3.05) is 25.4 Å². The molecule has 1 aromatic rings. The lowest BCUT2D eigenvalue weighted by Crippen LogP contribution is -2.49. The molecule has 1 saturated carbocycles. The summed E-state index contributed by atoms with van der Waals surface area (Å²) in [7, 11) is 0. The van der Waals surface area contributed by atoms with Crippen LogP contribution >= 0.6 is 0 Å². The van der Waals surface area contributed by atoms with Crippen LogP contribution in [0.2, 0.25) is 0 Å². The second-order valence-corrected chi connectivity index (χ2v) is 8.49. The van der Waals surface area contributed by atoms with Gasteiger partial charge in [0.1, 0.15) is 11.4 Å². The highest BCUT2D eigenvalue weighted by Gasteiger charge is 2.28. The molecule has 3 rings (SSSR count). The summed E-state index contributed by atoms with van der Waals surface area (Å²) in [5, 5.41) is 0. The van der Waals surface area contributed by atoms with Crippen molar-refractivity contribution in [1.29, 1.82) is 0 Å². The number of carbonyl (C=O) groups excluding carboxylic acids is 1. The first-order chi connectivity index (χ1) is 14.0. The van der Waals surface area contributed by atoms with Gasteiger partial charge in [0.2, 0.25) is 0 Å². The van der Waals surface area contributed by atoms with Gasteiger partial charge >= 0.3 is 5.69 Å². The van der Waals surface area contributed by atoms with Gasteiger partial charge in [-0.05, 0) is 45.1 Å². The smallest absolute Gasteiger partial charge is 0.332 e. The van der Waals surface area contributed by atoms with Crippen molar-refractivity contribution in [3.05, 3.63) is 26.4 Å². The summed E-state index contributed by atoms with van der Waals surface area (Å²) in [6.07, 6.45) is 8.68. The minimum Gasteiger partial charge on any atom is -0.384 e. The molecule has 0 spiro atoms. The Morgan fingerprint density at radius 1 is 1.03 bits per heavy atom. The molecule has 162 valence electrons. The predicted octanol–water partition coefficient (Wildman–Crippen LogP) is 1.19. The van der Waals surface area contributed by atoms with Gasteiger partial charge in [0.25, 0.3) is 5.56 Å². The number of nitrogen functional groups attached to an aromatic ring is 1. The van der Waals surface area contributed by atoms with Gasteiger partial charge in [-0.25, -0.2) is 4.79 Å². The number of ketones is 1. The van der Waals surface area contributed by atoms with E-state index in [1.807, 2.05) is 0 Å². The monoisotopic (exact) mass is 405 g/mol. The Morgan fingerprint density at radius 3 is 2.38 bits per heavy atom. The number of anilines is 1. The highest BCUT2D eigenvalue weighted by molar-refractivity contribution is 6.01. The number of nitrogens with two attached hydrogens (primary N) is 2. The lowest BCUT2D eigenvalue weighted by Gasteiger charge is -2.34. The van der Waals surface area contributed by atoms with Crippen LogP contribution in [0.5, 0.6) is 0 Å². The average Bonchev–Trinajstić information content (AvgIpc) is 2.72. The third-order valence-electron chi connectivity index (χ3n) is 6.60. The normalized spacial score (nSPS) is 21.4. The van der Waals surface area contributed by atoms with E-state index in [4.69, 9.17) is 11.5 Å². The summed E-state index contributed by atoms with van der Waals surface area (Å²) in [6.45, 7) is 3.83. The second kappa shape index (κ2) is 9.71. The third kappa shape index (κ3) is 4.64. The SMILES string of the molecule is CCn1c(=O)c(C(=O)CN2CCCCC2CN)c(N)n(CC2CCCCC2)c1=O. The minimum absolute atomic E-state index is 0.0292. The van der Waals surface area contributed by atoms with Gasteiger partial charge in [0.15, 0.2) is 5.78 Å². The zero-order valence-electron chi connectivity index (χ0n) is 17.6. The zero-order chi connectivity index (χ0) is 21.0. The van der Waals surface area contributed by atoms with E-state index in [9.17, 15) is 14.4 Å². The number of nitrogens with zero attached hydrogens (tertiary/aromatic N) is 3. The first kappa shape index (κ1) is 21.8. The second-order valence-electron chi connectivity index (χ2n) is 8.49. The Labute approximate surface area is 171 Å². The largest absolute Gasteiger partial charge is 0.384 e. The molecular formula is C21H35N5O3. The van der Waals surface area contributed by atoms with Gasteiger partial charge in [0.05, 0.1) is 6.54 Å². The summed E-state index contributed by atoms with van der Waals surface area (Å²) in [4.78, 5) is 41.0. The van der Waals surface area contributed by atoms with Crippen LogP contribution < -0.4 is 22.7 Å². The number of carbonyl (C=O) groups is 1.